The van der Waals surface area contributed by atoms with E-state index in [1.54, 1.807) is 0 Å². The van der Waals surface area contributed by atoms with Crippen molar-refractivity contribution in [1.82, 2.24) is 0 Å². The third kappa shape index (κ3) is 2.80. The molecule has 0 bridgehead atoms. The molecule has 0 heterocycles. The predicted octanol–water partition coefficient (Wildman–Crippen LogP) is 5.88. The van der Waals surface area contributed by atoms with E-state index in [0.29, 0.717) is 12.0 Å². The molecule has 1 aliphatic rings. The van der Waals surface area contributed by atoms with Crippen LogP contribution in [0, 0.1) is 18.6 Å². The predicted molar refractivity (Wildman–Crippen MR) is 99.9 cm³/mol. The summed E-state index contributed by atoms with van der Waals surface area (Å²) in [5, 5.41) is 9.54. The molecule has 0 fully saturated rings. The van der Waals surface area contributed by atoms with Gasteiger partial charge >= 0.3 is 0 Å². The molecule has 26 heavy (non-hydrogen) atoms. The third-order valence-electron chi connectivity index (χ3n) is 4.88. The quantitative estimate of drug-likeness (QED) is 0.613. The highest BCUT2D eigenvalue weighted by molar-refractivity contribution is 6.01. The minimum absolute atomic E-state index is 0.0774. The normalized spacial score (nSPS) is 13.7. The zero-order chi connectivity index (χ0) is 18.3. The van der Waals surface area contributed by atoms with Crippen molar-refractivity contribution in [1.29, 1.82) is 0 Å². The fourth-order valence-corrected chi connectivity index (χ4v) is 3.73. The molecular formula is C23H18F2O. The molecule has 1 N–H and O–H groups in total. The first-order valence-corrected chi connectivity index (χ1v) is 8.61. The third-order valence-corrected chi connectivity index (χ3v) is 4.88. The van der Waals surface area contributed by atoms with Gasteiger partial charge in [0.25, 0.3) is 0 Å². The molecule has 1 aliphatic carbocycles. The molecule has 0 saturated heterocycles. The fraction of sp³-hybridized carbons (Fsp3) is 0.130. The first-order valence-electron chi connectivity index (χ1n) is 8.61. The van der Waals surface area contributed by atoms with Crippen LogP contribution in [0.2, 0.25) is 0 Å². The summed E-state index contributed by atoms with van der Waals surface area (Å²) in [6, 6.07) is 17.6. The number of phenolic OH excluding ortho intramolecular Hbond substituents is 1. The molecule has 0 atom stereocenters. The second-order valence-corrected chi connectivity index (χ2v) is 6.66. The lowest BCUT2D eigenvalue weighted by molar-refractivity contribution is 0.459. The van der Waals surface area contributed by atoms with Crippen LogP contribution in [0.1, 0.15) is 34.2 Å². The van der Waals surface area contributed by atoms with Gasteiger partial charge in [0.05, 0.1) is 5.56 Å². The molecule has 0 aromatic heterocycles. The maximum atomic E-state index is 14.7. The number of benzene rings is 3. The monoisotopic (exact) mass is 348 g/mol. The van der Waals surface area contributed by atoms with Crippen molar-refractivity contribution in [3.63, 3.8) is 0 Å². The van der Waals surface area contributed by atoms with E-state index in [-0.39, 0.29) is 5.56 Å². The van der Waals surface area contributed by atoms with Crippen LogP contribution in [0.25, 0.3) is 11.1 Å². The van der Waals surface area contributed by atoms with Gasteiger partial charge in [0, 0.05) is 12.1 Å². The summed E-state index contributed by atoms with van der Waals surface area (Å²) in [4.78, 5) is 0. The molecule has 3 aromatic rings. The first kappa shape index (κ1) is 16.5. The Morgan fingerprint density at radius 1 is 0.846 bits per heavy atom. The van der Waals surface area contributed by atoms with E-state index in [2.05, 4.69) is 6.07 Å². The van der Waals surface area contributed by atoms with Crippen molar-refractivity contribution >= 4 is 11.1 Å². The van der Waals surface area contributed by atoms with Crippen molar-refractivity contribution in [2.24, 2.45) is 0 Å². The molecule has 0 radical (unpaired) electrons. The second kappa shape index (κ2) is 6.41. The molecular weight excluding hydrogens is 330 g/mol. The number of rotatable bonds is 2. The van der Waals surface area contributed by atoms with Crippen molar-refractivity contribution in [3.8, 4) is 5.75 Å². The molecule has 0 amide bonds. The van der Waals surface area contributed by atoms with Crippen LogP contribution in [0.3, 0.4) is 0 Å². The number of hydrogen-bond acceptors (Lipinski definition) is 1. The van der Waals surface area contributed by atoms with Crippen LogP contribution in [-0.4, -0.2) is 5.11 Å². The Labute approximate surface area is 151 Å². The number of aromatic hydroxyl groups is 1. The lowest BCUT2D eigenvalue weighted by atomic mass is 9.79. The fourth-order valence-electron chi connectivity index (χ4n) is 3.73. The Bertz CT molecular complexity index is 997. The Kier molecular flexibility index (Phi) is 4.08. The van der Waals surface area contributed by atoms with Crippen LogP contribution in [-0.2, 0) is 6.42 Å². The Morgan fingerprint density at radius 3 is 2.23 bits per heavy atom. The molecule has 3 aromatic carbocycles. The van der Waals surface area contributed by atoms with Crippen molar-refractivity contribution < 1.29 is 13.9 Å². The van der Waals surface area contributed by atoms with Gasteiger partial charge in [0.15, 0.2) is 0 Å². The highest BCUT2D eigenvalue weighted by atomic mass is 19.1. The molecule has 130 valence electrons. The van der Waals surface area contributed by atoms with Gasteiger partial charge in [-0.15, -0.1) is 0 Å². The van der Waals surface area contributed by atoms with Crippen molar-refractivity contribution in [2.45, 2.75) is 19.8 Å². The van der Waals surface area contributed by atoms with Gasteiger partial charge in [0.1, 0.15) is 17.4 Å². The Hall–Kier alpha value is -2.94. The van der Waals surface area contributed by atoms with Gasteiger partial charge in [-0.2, -0.15) is 0 Å². The van der Waals surface area contributed by atoms with Gasteiger partial charge in [-0.25, -0.2) is 8.78 Å². The largest absolute Gasteiger partial charge is 0.508 e. The van der Waals surface area contributed by atoms with E-state index < -0.39 is 17.4 Å². The molecule has 3 heteroatoms. The zero-order valence-corrected chi connectivity index (χ0v) is 14.4. The molecule has 0 saturated carbocycles. The minimum atomic E-state index is -0.751. The van der Waals surface area contributed by atoms with E-state index in [0.717, 1.165) is 46.4 Å². The standard InChI is InChI=1S/C23H18F2O/c1-14-7-9-19-16(11-14)8-10-18(15-5-3-2-4-6-15)22(19)23-20(24)12-17(26)13-21(23)25/h2-7,9,11-13,26H,8,10H2,1H3. The minimum Gasteiger partial charge on any atom is -0.508 e. The second-order valence-electron chi connectivity index (χ2n) is 6.66. The topological polar surface area (TPSA) is 20.2 Å². The van der Waals surface area contributed by atoms with Gasteiger partial charge in [-0.05, 0) is 47.6 Å². The number of allylic oxidation sites excluding steroid dienone is 1. The first-order chi connectivity index (χ1) is 12.5. The SMILES string of the molecule is Cc1ccc2c(c1)CCC(c1ccccc1)=C2c1c(F)cc(O)cc1F. The summed E-state index contributed by atoms with van der Waals surface area (Å²) in [6.45, 7) is 2.01. The molecule has 0 unspecified atom stereocenters. The summed E-state index contributed by atoms with van der Waals surface area (Å²) in [5.74, 6) is -1.91. The van der Waals surface area contributed by atoms with E-state index in [9.17, 15) is 13.9 Å². The summed E-state index contributed by atoms with van der Waals surface area (Å²) in [6.07, 6.45) is 1.53. The van der Waals surface area contributed by atoms with Gasteiger partial charge in [0.2, 0.25) is 0 Å². The summed E-state index contributed by atoms with van der Waals surface area (Å²) >= 11 is 0. The van der Waals surface area contributed by atoms with Gasteiger partial charge in [-0.3, -0.25) is 0 Å². The lowest BCUT2D eigenvalue weighted by Crippen LogP contribution is -2.09. The highest BCUT2D eigenvalue weighted by Crippen LogP contribution is 2.43. The maximum Gasteiger partial charge on any atom is 0.137 e. The average Bonchev–Trinajstić information content (AvgIpc) is 2.61. The van der Waals surface area contributed by atoms with Crippen LogP contribution in [0.15, 0.2) is 60.7 Å². The number of phenols is 1. The highest BCUT2D eigenvalue weighted by Gasteiger charge is 2.26. The van der Waals surface area contributed by atoms with E-state index in [1.165, 1.54) is 0 Å². The van der Waals surface area contributed by atoms with E-state index >= 15 is 0 Å². The van der Waals surface area contributed by atoms with Crippen LogP contribution < -0.4 is 0 Å². The van der Waals surface area contributed by atoms with E-state index in [1.807, 2.05) is 49.4 Å². The van der Waals surface area contributed by atoms with Crippen LogP contribution >= 0.6 is 0 Å². The molecule has 0 spiro atoms. The number of aryl methyl sites for hydroxylation is 2. The summed E-state index contributed by atoms with van der Waals surface area (Å²) in [7, 11) is 0. The smallest absolute Gasteiger partial charge is 0.137 e. The number of hydrogen-bond donors (Lipinski definition) is 1. The molecule has 1 nitrogen and oxygen atoms in total. The van der Waals surface area contributed by atoms with Crippen molar-refractivity contribution in [3.05, 3.63) is 100 Å². The summed E-state index contributed by atoms with van der Waals surface area (Å²) < 4.78 is 29.4. The molecule has 0 aliphatic heterocycles. The van der Waals surface area contributed by atoms with Crippen LogP contribution in [0.4, 0.5) is 8.78 Å². The van der Waals surface area contributed by atoms with Gasteiger partial charge in [-0.1, -0.05) is 54.1 Å². The maximum absolute atomic E-state index is 14.7. The Morgan fingerprint density at radius 2 is 1.54 bits per heavy atom. The molecule has 4 rings (SSSR count). The zero-order valence-electron chi connectivity index (χ0n) is 14.4. The lowest BCUT2D eigenvalue weighted by Gasteiger charge is -2.25. The van der Waals surface area contributed by atoms with Gasteiger partial charge < -0.3 is 5.11 Å². The number of fused-ring (bicyclic) bond motifs is 1. The summed E-state index contributed by atoms with van der Waals surface area (Å²) in [5.41, 5.74) is 5.44. The van der Waals surface area contributed by atoms with E-state index in [4.69, 9.17) is 0 Å². The van der Waals surface area contributed by atoms with Crippen LogP contribution in [0.5, 0.6) is 5.75 Å². The average molecular weight is 348 g/mol. The Balaban J connectivity index is 2.07. The number of halogens is 2. The van der Waals surface area contributed by atoms with Crippen molar-refractivity contribution in [2.75, 3.05) is 0 Å².